The minimum atomic E-state index is -0.467. The first-order chi connectivity index (χ1) is 6.95. The molecule has 0 heterocycles. The van der Waals surface area contributed by atoms with Gasteiger partial charge in [-0.25, -0.2) is 4.79 Å². The zero-order valence-electron chi connectivity index (χ0n) is 9.73. The van der Waals surface area contributed by atoms with E-state index in [2.05, 4.69) is 10.6 Å². The van der Waals surface area contributed by atoms with E-state index in [0.29, 0.717) is 26.1 Å². The maximum atomic E-state index is 11.7. The van der Waals surface area contributed by atoms with Crippen LogP contribution in [0.1, 0.15) is 27.2 Å². The van der Waals surface area contributed by atoms with Gasteiger partial charge < -0.3 is 15.4 Å². The van der Waals surface area contributed by atoms with Gasteiger partial charge in [0.05, 0.1) is 6.67 Å². The van der Waals surface area contributed by atoms with E-state index in [-0.39, 0.29) is 6.67 Å². The van der Waals surface area contributed by atoms with Crippen molar-refractivity contribution in [3.05, 3.63) is 0 Å². The fraction of sp³-hybridized carbons (Fsp3) is 0.900. The molecule has 90 valence electrons. The summed E-state index contributed by atoms with van der Waals surface area (Å²) >= 11 is 0. The molecule has 0 aromatic heterocycles. The third kappa shape index (κ3) is 11.1. The second-order valence-corrected chi connectivity index (χ2v) is 4.22. The Morgan fingerprint density at radius 3 is 2.47 bits per heavy atom. The SMILES string of the molecule is CC(C)(C)OC(=O)NCCNCCCF. The highest BCUT2D eigenvalue weighted by atomic mass is 19.1. The van der Waals surface area contributed by atoms with Crippen LogP contribution in [0.3, 0.4) is 0 Å². The Labute approximate surface area is 90.6 Å². The lowest BCUT2D eigenvalue weighted by atomic mass is 10.2. The molecule has 0 unspecified atom stereocenters. The molecule has 0 aliphatic heterocycles. The van der Waals surface area contributed by atoms with Gasteiger partial charge in [-0.05, 0) is 33.7 Å². The van der Waals surface area contributed by atoms with Crippen molar-refractivity contribution in [3.63, 3.8) is 0 Å². The third-order valence-corrected chi connectivity index (χ3v) is 1.46. The predicted molar refractivity (Wildman–Crippen MR) is 57.7 cm³/mol. The first-order valence-electron chi connectivity index (χ1n) is 5.19. The van der Waals surface area contributed by atoms with Gasteiger partial charge in [0.15, 0.2) is 0 Å². The van der Waals surface area contributed by atoms with Crippen molar-refractivity contribution in [1.82, 2.24) is 10.6 Å². The van der Waals surface area contributed by atoms with E-state index in [0.717, 1.165) is 0 Å². The summed E-state index contributed by atoms with van der Waals surface area (Å²) in [5, 5.41) is 5.59. The number of carbonyl (C=O) groups excluding carboxylic acids is 1. The predicted octanol–water partition coefficient (Wildman–Crippen LogP) is 1.46. The van der Waals surface area contributed by atoms with Crippen LogP contribution in [-0.2, 0) is 4.74 Å². The maximum absolute atomic E-state index is 11.7. The maximum Gasteiger partial charge on any atom is 0.407 e. The van der Waals surface area contributed by atoms with Crippen LogP contribution >= 0.6 is 0 Å². The number of hydrogen-bond donors (Lipinski definition) is 2. The molecule has 4 nitrogen and oxygen atoms in total. The number of alkyl halides is 1. The van der Waals surface area contributed by atoms with Crippen LogP contribution < -0.4 is 10.6 Å². The van der Waals surface area contributed by atoms with Crippen molar-refractivity contribution in [2.75, 3.05) is 26.3 Å². The number of nitrogens with one attached hydrogen (secondary N) is 2. The van der Waals surface area contributed by atoms with Crippen molar-refractivity contribution in [3.8, 4) is 0 Å². The summed E-state index contributed by atoms with van der Waals surface area (Å²) in [6.45, 7) is 6.86. The molecule has 0 saturated carbocycles. The number of hydrogen-bond acceptors (Lipinski definition) is 3. The number of ether oxygens (including phenoxy) is 1. The molecule has 0 rings (SSSR count). The second-order valence-electron chi connectivity index (χ2n) is 4.22. The van der Waals surface area contributed by atoms with Gasteiger partial charge in [-0.15, -0.1) is 0 Å². The number of alkyl carbamates (subject to hydrolysis) is 1. The average Bonchev–Trinajstić information content (AvgIpc) is 2.08. The van der Waals surface area contributed by atoms with E-state index in [1.165, 1.54) is 0 Å². The number of carbonyl (C=O) groups is 1. The lowest BCUT2D eigenvalue weighted by molar-refractivity contribution is 0.0528. The van der Waals surface area contributed by atoms with Crippen LogP contribution in [0.15, 0.2) is 0 Å². The molecule has 0 aliphatic rings. The van der Waals surface area contributed by atoms with Crippen molar-refractivity contribution in [2.45, 2.75) is 32.8 Å². The molecule has 0 atom stereocenters. The van der Waals surface area contributed by atoms with Crippen molar-refractivity contribution in [2.24, 2.45) is 0 Å². The van der Waals surface area contributed by atoms with Gasteiger partial charge in [-0.3, -0.25) is 4.39 Å². The van der Waals surface area contributed by atoms with Crippen LogP contribution in [0.2, 0.25) is 0 Å². The molecule has 1 amide bonds. The molecular formula is C10H21FN2O2. The molecular weight excluding hydrogens is 199 g/mol. The van der Waals surface area contributed by atoms with E-state index in [1.54, 1.807) is 0 Å². The Hall–Kier alpha value is -0.840. The minimum absolute atomic E-state index is 0.313. The highest BCUT2D eigenvalue weighted by Crippen LogP contribution is 2.05. The number of rotatable bonds is 6. The molecule has 0 fully saturated rings. The summed E-state index contributed by atoms with van der Waals surface area (Å²) in [7, 11) is 0. The average molecular weight is 220 g/mol. The molecule has 0 radical (unpaired) electrons. The molecule has 0 spiro atoms. The zero-order valence-corrected chi connectivity index (χ0v) is 9.73. The first kappa shape index (κ1) is 14.2. The second kappa shape index (κ2) is 7.45. The van der Waals surface area contributed by atoms with Crippen LogP contribution in [0.5, 0.6) is 0 Å². The van der Waals surface area contributed by atoms with Crippen molar-refractivity contribution >= 4 is 6.09 Å². The molecule has 2 N–H and O–H groups in total. The highest BCUT2D eigenvalue weighted by molar-refractivity contribution is 5.67. The quantitative estimate of drug-likeness (QED) is 0.666. The largest absolute Gasteiger partial charge is 0.444 e. The Balaban J connectivity index is 3.32. The Morgan fingerprint density at radius 2 is 1.93 bits per heavy atom. The molecule has 0 aromatic carbocycles. The summed E-state index contributed by atoms with van der Waals surface area (Å²) in [4.78, 5) is 11.1. The molecule has 0 aromatic rings. The van der Waals surface area contributed by atoms with Gasteiger partial charge in [-0.2, -0.15) is 0 Å². The minimum Gasteiger partial charge on any atom is -0.444 e. The van der Waals surface area contributed by atoms with Gasteiger partial charge in [0.25, 0.3) is 0 Å². The normalized spacial score (nSPS) is 11.2. The summed E-state index contributed by atoms with van der Waals surface area (Å²) in [5.41, 5.74) is -0.467. The summed E-state index contributed by atoms with van der Waals surface area (Å²) in [5.74, 6) is 0. The van der Waals surface area contributed by atoms with Crippen LogP contribution in [-0.4, -0.2) is 38.0 Å². The number of halogens is 1. The van der Waals surface area contributed by atoms with Crippen LogP contribution in [0.25, 0.3) is 0 Å². The molecule has 5 heteroatoms. The Morgan fingerprint density at radius 1 is 1.27 bits per heavy atom. The summed E-state index contributed by atoms with van der Waals surface area (Å²) in [6, 6.07) is 0. The highest BCUT2D eigenvalue weighted by Gasteiger charge is 2.15. The fourth-order valence-corrected chi connectivity index (χ4v) is 0.884. The lowest BCUT2D eigenvalue weighted by Gasteiger charge is -2.19. The van der Waals surface area contributed by atoms with Crippen LogP contribution in [0.4, 0.5) is 9.18 Å². The Kier molecular flexibility index (Phi) is 7.03. The lowest BCUT2D eigenvalue weighted by Crippen LogP contribution is -2.36. The van der Waals surface area contributed by atoms with E-state index in [1.807, 2.05) is 20.8 Å². The van der Waals surface area contributed by atoms with E-state index in [9.17, 15) is 9.18 Å². The van der Waals surface area contributed by atoms with Gasteiger partial charge in [0.2, 0.25) is 0 Å². The smallest absolute Gasteiger partial charge is 0.407 e. The topological polar surface area (TPSA) is 50.4 Å². The van der Waals surface area contributed by atoms with Gasteiger partial charge in [0, 0.05) is 13.1 Å². The third-order valence-electron chi connectivity index (χ3n) is 1.46. The molecule has 0 bridgehead atoms. The van der Waals surface area contributed by atoms with E-state index < -0.39 is 11.7 Å². The van der Waals surface area contributed by atoms with Crippen LogP contribution in [0, 0.1) is 0 Å². The fourth-order valence-electron chi connectivity index (χ4n) is 0.884. The zero-order chi connectivity index (χ0) is 11.7. The standard InChI is InChI=1S/C10H21FN2O2/c1-10(2,3)15-9(14)13-8-7-12-6-4-5-11/h12H,4-8H2,1-3H3,(H,13,14). The van der Waals surface area contributed by atoms with E-state index >= 15 is 0 Å². The number of amides is 1. The van der Waals surface area contributed by atoms with Crippen molar-refractivity contribution in [1.29, 1.82) is 0 Å². The monoisotopic (exact) mass is 220 g/mol. The summed E-state index contributed by atoms with van der Waals surface area (Å²) < 4.78 is 16.7. The molecule has 0 saturated heterocycles. The van der Waals surface area contributed by atoms with Crippen molar-refractivity contribution < 1.29 is 13.9 Å². The molecule has 15 heavy (non-hydrogen) atoms. The Bertz CT molecular complexity index is 181. The van der Waals surface area contributed by atoms with Gasteiger partial charge in [-0.1, -0.05) is 0 Å². The summed E-state index contributed by atoms with van der Waals surface area (Å²) in [6.07, 6.45) is 0.0849. The van der Waals surface area contributed by atoms with E-state index in [4.69, 9.17) is 4.74 Å². The van der Waals surface area contributed by atoms with Gasteiger partial charge >= 0.3 is 6.09 Å². The molecule has 0 aliphatic carbocycles. The van der Waals surface area contributed by atoms with Gasteiger partial charge in [0.1, 0.15) is 5.60 Å². The first-order valence-corrected chi connectivity index (χ1v) is 5.19.